The summed E-state index contributed by atoms with van der Waals surface area (Å²) in [6.45, 7) is 1.76. The van der Waals surface area contributed by atoms with Crippen molar-refractivity contribution in [1.82, 2.24) is 24.7 Å². The van der Waals surface area contributed by atoms with Gasteiger partial charge >= 0.3 is 0 Å². The van der Waals surface area contributed by atoms with E-state index in [1.807, 2.05) is 9.42 Å². The zero-order valence-electron chi connectivity index (χ0n) is 16.0. The van der Waals surface area contributed by atoms with Crippen molar-refractivity contribution in [1.29, 1.82) is 0 Å². The number of piperidine rings is 1. The summed E-state index contributed by atoms with van der Waals surface area (Å²) in [5.41, 5.74) is 1.40. The van der Waals surface area contributed by atoms with Crippen LogP contribution in [0.2, 0.25) is 0 Å². The van der Waals surface area contributed by atoms with Crippen molar-refractivity contribution in [3.8, 4) is 0 Å². The van der Waals surface area contributed by atoms with Gasteiger partial charge in [0.25, 0.3) is 0 Å². The minimum atomic E-state index is 0.256. The van der Waals surface area contributed by atoms with Gasteiger partial charge < -0.3 is 4.90 Å². The van der Waals surface area contributed by atoms with Crippen molar-refractivity contribution in [2.45, 2.75) is 50.9 Å². The highest BCUT2D eigenvalue weighted by Gasteiger charge is 2.30. The smallest absolute Gasteiger partial charge is 0.234 e. The minimum absolute atomic E-state index is 0.256. The average molecular weight is 396 g/mol. The maximum absolute atomic E-state index is 12.6. The van der Waals surface area contributed by atoms with Crippen molar-refractivity contribution < 1.29 is 4.79 Å². The van der Waals surface area contributed by atoms with Gasteiger partial charge in [-0.15, -0.1) is 10.2 Å². The number of likely N-dealkylation sites (tertiary alicyclic amines) is 1. The van der Waals surface area contributed by atoms with Gasteiger partial charge in [-0.2, -0.15) is 9.61 Å². The molecule has 6 nitrogen and oxygen atoms in total. The molecule has 3 aromatic rings. The third kappa shape index (κ3) is 3.81. The molecule has 2 fully saturated rings. The number of rotatable bonds is 6. The summed E-state index contributed by atoms with van der Waals surface area (Å²) in [5, 5.41) is 14.1. The Morgan fingerprint density at radius 3 is 2.61 bits per heavy atom. The van der Waals surface area contributed by atoms with Crippen LogP contribution in [0, 0.1) is 5.92 Å². The van der Waals surface area contributed by atoms with Crippen LogP contribution < -0.4 is 0 Å². The molecule has 1 saturated carbocycles. The highest BCUT2D eigenvalue weighted by molar-refractivity contribution is 7.16. The fourth-order valence-electron chi connectivity index (χ4n) is 4.07. The number of amides is 1. The average Bonchev–Trinajstić information content (AvgIpc) is 3.36. The van der Waals surface area contributed by atoms with E-state index in [0.29, 0.717) is 24.7 Å². The molecule has 1 aromatic carbocycles. The molecule has 146 valence electrons. The van der Waals surface area contributed by atoms with Crippen LogP contribution in [0.5, 0.6) is 0 Å². The summed E-state index contributed by atoms with van der Waals surface area (Å²) in [4.78, 5) is 15.5. The van der Waals surface area contributed by atoms with E-state index in [0.717, 1.165) is 48.1 Å². The topological polar surface area (TPSA) is 63.4 Å². The first kappa shape index (κ1) is 17.8. The number of hydrogen-bond acceptors (Lipinski definition) is 5. The molecule has 1 aliphatic carbocycles. The van der Waals surface area contributed by atoms with Crippen molar-refractivity contribution in [2.24, 2.45) is 5.92 Å². The number of aryl methyl sites for hydroxylation is 1. The van der Waals surface area contributed by atoms with Crippen LogP contribution in [-0.2, 0) is 17.6 Å². The van der Waals surface area contributed by atoms with Crippen LogP contribution in [0.1, 0.15) is 54.4 Å². The van der Waals surface area contributed by atoms with E-state index < -0.39 is 0 Å². The molecule has 0 atom stereocenters. The van der Waals surface area contributed by atoms with E-state index in [2.05, 4.69) is 45.6 Å². The Bertz CT molecular complexity index is 954. The van der Waals surface area contributed by atoms with E-state index in [1.54, 1.807) is 11.3 Å². The molecule has 5 rings (SSSR count). The second-order valence-electron chi connectivity index (χ2n) is 8.04. The first-order valence-electron chi connectivity index (χ1n) is 10.3. The molecule has 0 unspecified atom stereocenters. The summed E-state index contributed by atoms with van der Waals surface area (Å²) in [7, 11) is 0. The lowest BCUT2D eigenvalue weighted by atomic mass is 9.90. The number of hydrogen-bond donors (Lipinski definition) is 0. The van der Waals surface area contributed by atoms with Gasteiger partial charge in [-0.3, -0.25) is 4.79 Å². The van der Waals surface area contributed by atoms with Crippen LogP contribution in [0.25, 0.3) is 4.96 Å². The number of fused-ring (bicyclic) bond motifs is 1. The molecular weight excluding hydrogens is 370 g/mol. The van der Waals surface area contributed by atoms with Crippen LogP contribution in [-0.4, -0.2) is 43.7 Å². The van der Waals surface area contributed by atoms with E-state index >= 15 is 0 Å². The molecule has 0 radical (unpaired) electrons. The van der Waals surface area contributed by atoms with Gasteiger partial charge in [0.2, 0.25) is 10.9 Å². The lowest BCUT2D eigenvalue weighted by Gasteiger charge is -2.32. The summed E-state index contributed by atoms with van der Waals surface area (Å²) >= 11 is 1.56. The Hall–Kier alpha value is -2.28. The molecule has 2 aliphatic rings. The molecule has 1 aliphatic heterocycles. The Morgan fingerprint density at radius 2 is 1.86 bits per heavy atom. The maximum atomic E-state index is 12.6. The SMILES string of the molecule is O=C(CCc1nn2c(C3CC3)nnc2s1)N1CCC(Cc2ccccc2)CC1. The summed E-state index contributed by atoms with van der Waals surface area (Å²) in [6, 6.07) is 10.7. The van der Waals surface area contributed by atoms with Gasteiger partial charge in [-0.25, -0.2) is 0 Å². The summed E-state index contributed by atoms with van der Waals surface area (Å²) in [6.07, 6.45) is 6.93. The summed E-state index contributed by atoms with van der Waals surface area (Å²) in [5.74, 6) is 2.46. The van der Waals surface area contributed by atoms with Crippen molar-refractivity contribution in [2.75, 3.05) is 13.1 Å². The monoisotopic (exact) mass is 395 g/mol. The normalized spacial score (nSPS) is 18.1. The first-order chi connectivity index (χ1) is 13.8. The fraction of sp³-hybridized carbons (Fsp3) is 0.524. The Balaban J connectivity index is 1.12. The van der Waals surface area contributed by atoms with Gasteiger partial charge in [0.1, 0.15) is 5.01 Å². The van der Waals surface area contributed by atoms with Gasteiger partial charge in [0.05, 0.1) is 0 Å². The van der Waals surface area contributed by atoms with Gasteiger partial charge in [-0.1, -0.05) is 41.7 Å². The quantitative estimate of drug-likeness (QED) is 0.641. The minimum Gasteiger partial charge on any atom is -0.343 e. The van der Waals surface area contributed by atoms with E-state index in [9.17, 15) is 4.79 Å². The van der Waals surface area contributed by atoms with Crippen LogP contribution in [0.4, 0.5) is 0 Å². The van der Waals surface area contributed by atoms with Gasteiger partial charge in [0, 0.05) is 31.8 Å². The molecular formula is C21H25N5OS. The zero-order chi connectivity index (χ0) is 18.9. The van der Waals surface area contributed by atoms with Crippen molar-refractivity contribution in [3.63, 3.8) is 0 Å². The fourth-order valence-corrected chi connectivity index (χ4v) is 4.91. The third-order valence-corrected chi connectivity index (χ3v) is 6.85. The summed E-state index contributed by atoms with van der Waals surface area (Å²) < 4.78 is 1.89. The van der Waals surface area contributed by atoms with Crippen molar-refractivity contribution >= 4 is 22.2 Å². The maximum Gasteiger partial charge on any atom is 0.234 e. The number of carbonyl (C=O) groups is 1. The molecule has 2 aromatic heterocycles. The molecule has 1 amide bonds. The Morgan fingerprint density at radius 1 is 1.07 bits per heavy atom. The Labute approximate surface area is 168 Å². The second-order valence-corrected chi connectivity index (χ2v) is 9.08. The van der Waals surface area contributed by atoms with E-state index in [-0.39, 0.29) is 5.91 Å². The predicted molar refractivity (Wildman–Crippen MR) is 108 cm³/mol. The lowest BCUT2D eigenvalue weighted by Crippen LogP contribution is -2.39. The molecule has 1 saturated heterocycles. The molecule has 0 N–H and O–H groups in total. The third-order valence-electron chi connectivity index (χ3n) is 5.89. The van der Waals surface area contributed by atoms with E-state index in [4.69, 9.17) is 0 Å². The largest absolute Gasteiger partial charge is 0.343 e. The highest BCUT2D eigenvalue weighted by Crippen LogP contribution is 2.39. The predicted octanol–water partition coefficient (Wildman–Crippen LogP) is 3.48. The van der Waals surface area contributed by atoms with Crippen LogP contribution in [0.15, 0.2) is 30.3 Å². The van der Waals surface area contributed by atoms with E-state index in [1.165, 1.54) is 18.4 Å². The van der Waals surface area contributed by atoms with Gasteiger partial charge in [-0.05, 0) is 43.6 Å². The van der Waals surface area contributed by atoms with Gasteiger partial charge in [0.15, 0.2) is 5.82 Å². The van der Waals surface area contributed by atoms with Crippen molar-refractivity contribution in [3.05, 3.63) is 46.7 Å². The van der Waals surface area contributed by atoms with Crippen LogP contribution >= 0.6 is 11.3 Å². The van der Waals surface area contributed by atoms with Crippen LogP contribution in [0.3, 0.4) is 0 Å². The standard InChI is InChI=1S/C21H25N5OS/c27-19(25-12-10-16(11-13-25)14-15-4-2-1-3-5-15)9-8-18-24-26-20(17-6-7-17)22-23-21(26)28-18/h1-5,16-17H,6-14H2. The highest BCUT2D eigenvalue weighted by atomic mass is 32.1. The Kier molecular flexibility index (Phi) is 4.84. The number of benzene rings is 1. The molecule has 7 heteroatoms. The number of aromatic nitrogens is 4. The zero-order valence-corrected chi connectivity index (χ0v) is 16.8. The number of carbonyl (C=O) groups excluding carboxylic acids is 1. The molecule has 0 bridgehead atoms. The number of nitrogens with zero attached hydrogens (tertiary/aromatic N) is 5. The molecule has 3 heterocycles. The first-order valence-corrected chi connectivity index (χ1v) is 11.1. The second kappa shape index (κ2) is 7.62. The lowest BCUT2D eigenvalue weighted by molar-refractivity contribution is -0.132. The molecule has 0 spiro atoms. The molecule has 28 heavy (non-hydrogen) atoms.